The van der Waals surface area contributed by atoms with Crippen LogP contribution < -0.4 is 10.1 Å². The second-order valence-corrected chi connectivity index (χ2v) is 5.27. The number of hydrogen-bond acceptors (Lipinski definition) is 4. The van der Waals surface area contributed by atoms with Crippen molar-refractivity contribution in [3.8, 4) is 17.0 Å². The molecule has 0 unspecified atom stereocenters. The van der Waals surface area contributed by atoms with Gasteiger partial charge < -0.3 is 14.8 Å². The maximum absolute atomic E-state index is 5.38. The van der Waals surface area contributed by atoms with Crippen molar-refractivity contribution in [1.82, 2.24) is 15.5 Å². The third kappa shape index (κ3) is 3.43. The van der Waals surface area contributed by atoms with E-state index in [1.165, 1.54) is 5.56 Å². The highest BCUT2D eigenvalue weighted by molar-refractivity contribution is 5.63. The normalized spacial score (nSPS) is 16.0. The fraction of sp³-hybridized carbons (Fsp3) is 0.438. The van der Waals surface area contributed by atoms with E-state index in [1.54, 1.807) is 7.11 Å². The number of H-pyrrole nitrogens is 1. The zero-order valence-corrected chi connectivity index (χ0v) is 12.3. The topological polar surface area (TPSA) is 59.2 Å². The molecule has 1 aliphatic heterocycles. The van der Waals surface area contributed by atoms with E-state index < -0.39 is 0 Å². The van der Waals surface area contributed by atoms with Gasteiger partial charge in [0.15, 0.2) is 0 Å². The van der Waals surface area contributed by atoms with Gasteiger partial charge in [-0.3, -0.25) is 5.10 Å². The number of aromatic nitrogens is 2. The van der Waals surface area contributed by atoms with Gasteiger partial charge in [0.2, 0.25) is 0 Å². The second kappa shape index (κ2) is 6.74. The van der Waals surface area contributed by atoms with Crippen LogP contribution in [-0.4, -0.2) is 36.6 Å². The Balaban J connectivity index is 1.67. The third-order valence-electron chi connectivity index (χ3n) is 3.90. The number of nitrogens with zero attached hydrogens (tertiary/aromatic N) is 1. The quantitative estimate of drug-likeness (QED) is 0.886. The van der Waals surface area contributed by atoms with E-state index in [1.807, 2.05) is 30.5 Å². The minimum atomic E-state index is 0.539. The van der Waals surface area contributed by atoms with Gasteiger partial charge in [0.1, 0.15) is 5.75 Å². The molecule has 2 aromatic rings. The monoisotopic (exact) mass is 287 g/mol. The maximum atomic E-state index is 5.38. The average molecular weight is 287 g/mol. The van der Waals surface area contributed by atoms with Gasteiger partial charge in [0.25, 0.3) is 0 Å². The summed E-state index contributed by atoms with van der Waals surface area (Å²) in [5, 5.41) is 10.9. The zero-order chi connectivity index (χ0) is 14.5. The van der Waals surface area contributed by atoms with Gasteiger partial charge >= 0.3 is 0 Å². The third-order valence-corrected chi connectivity index (χ3v) is 3.90. The summed E-state index contributed by atoms with van der Waals surface area (Å²) in [5.41, 5.74) is 3.38. The first-order chi connectivity index (χ1) is 10.4. The molecule has 0 saturated carbocycles. The molecule has 2 N–H and O–H groups in total. The van der Waals surface area contributed by atoms with E-state index in [2.05, 4.69) is 15.5 Å². The van der Waals surface area contributed by atoms with Crippen molar-refractivity contribution in [2.75, 3.05) is 20.3 Å². The lowest BCUT2D eigenvalue weighted by atomic mass is 10.1. The van der Waals surface area contributed by atoms with Crippen LogP contribution in [-0.2, 0) is 11.3 Å². The second-order valence-electron chi connectivity index (χ2n) is 5.27. The lowest BCUT2D eigenvalue weighted by molar-refractivity contribution is 0.0776. The van der Waals surface area contributed by atoms with Crippen molar-refractivity contribution in [2.24, 2.45) is 0 Å². The first-order valence-corrected chi connectivity index (χ1v) is 7.34. The Labute approximate surface area is 124 Å². The Bertz CT molecular complexity index is 559. The van der Waals surface area contributed by atoms with Crippen LogP contribution in [0, 0.1) is 0 Å². The summed E-state index contributed by atoms with van der Waals surface area (Å²) in [6.45, 7) is 2.53. The molecule has 2 heterocycles. The first kappa shape index (κ1) is 14.1. The van der Waals surface area contributed by atoms with Crippen molar-refractivity contribution in [3.63, 3.8) is 0 Å². The molecule has 5 heteroatoms. The van der Waals surface area contributed by atoms with Crippen LogP contribution in [0.25, 0.3) is 11.3 Å². The molecule has 0 amide bonds. The molecule has 1 aromatic heterocycles. The van der Waals surface area contributed by atoms with Crippen LogP contribution in [0.2, 0.25) is 0 Å². The predicted octanol–water partition coefficient (Wildman–Crippen LogP) is 2.35. The Morgan fingerprint density at radius 3 is 2.76 bits per heavy atom. The van der Waals surface area contributed by atoms with Crippen LogP contribution in [0.15, 0.2) is 30.5 Å². The van der Waals surface area contributed by atoms with Crippen LogP contribution in [0.5, 0.6) is 5.75 Å². The van der Waals surface area contributed by atoms with Gasteiger partial charge in [0, 0.05) is 36.9 Å². The smallest absolute Gasteiger partial charge is 0.118 e. The molecule has 0 bridgehead atoms. The van der Waals surface area contributed by atoms with E-state index in [-0.39, 0.29) is 0 Å². The van der Waals surface area contributed by atoms with Crippen LogP contribution in [0.3, 0.4) is 0 Å². The molecule has 1 saturated heterocycles. The van der Waals surface area contributed by atoms with Crippen molar-refractivity contribution < 1.29 is 9.47 Å². The maximum Gasteiger partial charge on any atom is 0.118 e. The highest BCUT2D eigenvalue weighted by atomic mass is 16.5. The van der Waals surface area contributed by atoms with Gasteiger partial charge in [-0.05, 0) is 37.1 Å². The van der Waals surface area contributed by atoms with E-state index in [9.17, 15) is 0 Å². The average Bonchev–Trinajstić information content (AvgIpc) is 3.02. The predicted molar refractivity (Wildman–Crippen MR) is 81.3 cm³/mol. The molecule has 0 spiro atoms. The highest BCUT2D eigenvalue weighted by Gasteiger charge is 2.14. The van der Waals surface area contributed by atoms with Crippen molar-refractivity contribution in [3.05, 3.63) is 36.0 Å². The largest absolute Gasteiger partial charge is 0.497 e. The number of aromatic amines is 1. The lowest BCUT2D eigenvalue weighted by Gasteiger charge is -2.23. The minimum absolute atomic E-state index is 0.539. The number of benzene rings is 1. The van der Waals surface area contributed by atoms with Gasteiger partial charge in [-0.25, -0.2) is 0 Å². The standard InChI is InChI=1S/C16H21N3O2/c1-20-15-4-2-12(3-5-15)16-13(11-18-19-16)10-17-14-6-8-21-9-7-14/h2-5,11,14,17H,6-10H2,1H3,(H,18,19). The molecular weight excluding hydrogens is 266 g/mol. The van der Waals surface area contributed by atoms with Crippen molar-refractivity contribution in [1.29, 1.82) is 0 Å². The summed E-state index contributed by atoms with van der Waals surface area (Å²) < 4.78 is 10.6. The molecule has 3 rings (SSSR count). The molecule has 1 aromatic carbocycles. The lowest BCUT2D eigenvalue weighted by Crippen LogP contribution is -2.34. The van der Waals surface area contributed by atoms with Gasteiger partial charge in [-0.15, -0.1) is 0 Å². The summed E-state index contributed by atoms with van der Waals surface area (Å²) in [7, 11) is 1.68. The van der Waals surface area contributed by atoms with E-state index in [4.69, 9.17) is 9.47 Å². The number of nitrogens with one attached hydrogen (secondary N) is 2. The number of methoxy groups -OCH3 is 1. The molecule has 5 nitrogen and oxygen atoms in total. The van der Waals surface area contributed by atoms with Crippen molar-refractivity contribution >= 4 is 0 Å². The zero-order valence-electron chi connectivity index (χ0n) is 12.3. The van der Waals surface area contributed by atoms with E-state index in [0.717, 1.165) is 49.6 Å². The summed E-state index contributed by atoms with van der Waals surface area (Å²) >= 11 is 0. The highest BCUT2D eigenvalue weighted by Crippen LogP contribution is 2.23. The summed E-state index contributed by atoms with van der Waals surface area (Å²) in [4.78, 5) is 0. The van der Waals surface area contributed by atoms with Crippen LogP contribution >= 0.6 is 0 Å². The Kier molecular flexibility index (Phi) is 4.52. The molecule has 0 aliphatic carbocycles. The van der Waals surface area contributed by atoms with Crippen LogP contribution in [0.4, 0.5) is 0 Å². The molecular formula is C16H21N3O2. The number of rotatable bonds is 5. The summed E-state index contributed by atoms with van der Waals surface area (Å²) in [5.74, 6) is 0.861. The summed E-state index contributed by atoms with van der Waals surface area (Å²) in [6, 6.07) is 8.56. The van der Waals surface area contributed by atoms with E-state index in [0.29, 0.717) is 6.04 Å². The molecule has 112 valence electrons. The fourth-order valence-corrected chi connectivity index (χ4v) is 2.61. The fourth-order valence-electron chi connectivity index (χ4n) is 2.61. The molecule has 0 radical (unpaired) electrons. The Hall–Kier alpha value is -1.85. The van der Waals surface area contributed by atoms with Crippen molar-refractivity contribution in [2.45, 2.75) is 25.4 Å². The van der Waals surface area contributed by atoms with Gasteiger partial charge in [0.05, 0.1) is 19.0 Å². The van der Waals surface area contributed by atoms with Gasteiger partial charge in [-0.2, -0.15) is 5.10 Å². The Morgan fingerprint density at radius 2 is 2.05 bits per heavy atom. The molecule has 0 atom stereocenters. The molecule has 1 aliphatic rings. The van der Waals surface area contributed by atoms with E-state index >= 15 is 0 Å². The molecule has 1 fully saturated rings. The molecule has 21 heavy (non-hydrogen) atoms. The Morgan fingerprint density at radius 1 is 1.29 bits per heavy atom. The van der Waals surface area contributed by atoms with Crippen LogP contribution in [0.1, 0.15) is 18.4 Å². The summed E-state index contributed by atoms with van der Waals surface area (Å²) in [6.07, 6.45) is 4.05. The SMILES string of the molecule is COc1ccc(-c2[nH]ncc2CNC2CCOCC2)cc1. The van der Waals surface area contributed by atoms with Gasteiger partial charge in [-0.1, -0.05) is 0 Å². The minimum Gasteiger partial charge on any atom is -0.497 e. The number of hydrogen-bond donors (Lipinski definition) is 2. The first-order valence-electron chi connectivity index (χ1n) is 7.34. The number of ether oxygens (including phenoxy) is 2.